The van der Waals surface area contributed by atoms with Crippen LogP contribution in [0, 0.1) is 0 Å². The van der Waals surface area contributed by atoms with E-state index in [0.717, 1.165) is 44.4 Å². The van der Waals surface area contributed by atoms with Crippen LogP contribution in [0.4, 0.5) is 0 Å². The highest BCUT2D eigenvalue weighted by atomic mass is 32.2. The highest BCUT2D eigenvalue weighted by molar-refractivity contribution is 7.89. The van der Waals surface area contributed by atoms with Crippen LogP contribution in [0.3, 0.4) is 0 Å². The van der Waals surface area contributed by atoms with E-state index < -0.39 is 10.0 Å². The Hall–Kier alpha value is -2.15. The predicted molar refractivity (Wildman–Crippen MR) is 111 cm³/mol. The summed E-state index contributed by atoms with van der Waals surface area (Å²) in [6.45, 7) is 3.44. The van der Waals surface area contributed by atoms with Gasteiger partial charge >= 0.3 is 0 Å². The number of piperazine rings is 1. The van der Waals surface area contributed by atoms with E-state index in [-0.39, 0.29) is 0 Å². The van der Waals surface area contributed by atoms with Crippen molar-refractivity contribution in [3.8, 4) is 0 Å². The molecule has 1 aliphatic heterocycles. The highest BCUT2D eigenvalue weighted by Gasteiger charge is 2.29. The van der Waals surface area contributed by atoms with E-state index >= 15 is 0 Å². The molecule has 2 aliphatic rings. The van der Waals surface area contributed by atoms with Crippen LogP contribution in [-0.2, 0) is 29.4 Å². The van der Waals surface area contributed by atoms with Crippen molar-refractivity contribution in [2.24, 2.45) is 0 Å². The van der Waals surface area contributed by atoms with Crippen LogP contribution in [0.25, 0.3) is 10.9 Å². The smallest absolute Gasteiger partial charge is 0.243 e. The Morgan fingerprint density at radius 3 is 2.57 bits per heavy atom. The molecule has 0 atom stereocenters. The monoisotopic (exact) mass is 395 g/mol. The first-order valence-corrected chi connectivity index (χ1v) is 11.4. The molecule has 1 N–H and O–H groups in total. The number of hydrogen-bond acceptors (Lipinski definition) is 3. The number of rotatable bonds is 4. The quantitative estimate of drug-likeness (QED) is 0.738. The number of para-hydroxylation sites is 1. The molecule has 1 aromatic heterocycles. The molecule has 6 heteroatoms. The summed E-state index contributed by atoms with van der Waals surface area (Å²) < 4.78 is 27.8. The maximum atomic E-state index is 13.1. The minimum Gasteiger partial charge on any atom is -0.361 e. The van der Waals surface area contributed by atoms with Crippen molar-refractivity contribution in [2.45, 2.75) is 30.7 Å². The summed E-state index contributed by atoms with van der Waals surface area (Å²) >= 11 is 0. The molecule has 5 rings (SSSR count). The van der Waals surface area contributed by atoms with Crippen LogP contribution in [-0.4, -0.2) is 48.8 Å². The molecular weight excluding hydrogens is 370 g/mol. The Balaban J connectivity index is 1.27. The van der Waals surface area contributed by atoms with Gasteiger partial charge in [-0.2, -0.15) is 4.31 Å². The lowest BCUT2D eigenvalue weighted by Crippen LogP contribution is -2.48. The van der Waals surface area contributed by atoms with Gasteiger partial charge in [-0.25, -0.2) is 8.42 Å². The van der Waals surface area contributed by atoms with Crippen LogP contribution >= 0.6 is 0 Å². The molecule has 0 unspecified atom stereocenters. The number of aromatic nitrogens is 1. The third-order valence-corrected chi connectivity index (χ3v) is 8.00. The van der Waals surface area contributed by atoms with Gasteiger partial charge in [0.05, 0.1) is 4.90 Å². The van der Waals surface area contributed by atoms with Crippen molar-refractivity contribution in [3.05, 3.63) is 65.4 Å². The Morgan fingerprint density at radius 1 is 0.929 bits per heavy atom. The zero-order chi connectivity index (χ0) is 19.1. The first-order valence-electron chi connectivity index (χ1n) is 10.0. The summed E-state index contributed by atoms with van der Waals surface area (Å²) in [5.74, 6) is 0. The molecule has 28 heavy (non-hydrogen) atoms. The van der Waals surface area contributed by atoms with Gasteiger partial charge in [-0.05, 0) is 54.2 Å². The summed E-state index contributed by atoms with van der Waals surface area (Å²) in [6.07, 6.45) is 5.27. The van der Waals surface area contributed by atoms with E-state index in [1.54, 1.807) is 10.4 Å². The number of aryl methyl sites for hydroxylation is 2. The molecular formula is C22H25N3O2S. The number of nitrogens with zero attached hydrogens (tertiary/aromatic N) is 2. The fourth-order valence-electron chi connectivity index (χ4n) is 4.49. The topological polar surface area (TPSA) is 56.4 Å². The molecule has 1 saturated heterocycles. The Morgan fingerprint density at radius 2 is 1.71 bits per heavy atom. The Labute approximate surface area is 166 Å². The van der Waals surface area contributed by atoms with Crippen molar-refractivity contribution in [3.63, 3.8) is 0 Å². The minimum absolute atomic E-state index is 0.457. The lowest BCUT2D eigenvalue weighted by molar-refractivity contribution is 0.182. The first kappa shape index (κ1) is 17.9. The molecule has 0 amide bonds. The fourth-order valence-corrected chi connectivity index (χ4v) is 5.96. The Bertz CT molecular complexity index is 1110. The fraction of sp³-hybridized carbons (Fsp3) is 0.364. The van der Waals surface area contributed by atoms with Crippen molar-refractivity contribution < 1.29 is 8.42 Å². The van der Waals surface area contributed by atoms with E-state index in [1.807, 2.05) is 18.2 Å². The lowest BCUT2D eigenvalue weighted by Gasteiger charge is -2.34. The van der Waals surface area contributed by atoms with Gasteiger partial charge in [-0.1, -0.05) is 24.3 Å². The molecule has 2 aromatic carbocycles. The maximum Gasteiger partial charge on any atom is 0.243 e. The summed E-state index contributed by atoms with van der Waals surface area (Å²) in [5.41, 5.74) is 4.93. The van der Waals surface area contributed by atoms with Crippen LogP contribution < -0.4 is 0 Å². The second-order valence-corrected chi connectivity index (χ2v) is 9.76. The van der Waals surface area contributed by atoms with Gasteiger partial charge in [0.1, 0.15) is 0 Å². The van der Waals surface area contributed by atoms with Crippen LogP contribution in [0.5, 0.6) is 0 Å². The molecule has 1 aliphatic carbocycles. The zero-order valence-electron chi connectivity index (χ0n) is 15.9. The van der Waals surface area contributed by atoms with Gasteiger partial charge in [0.25, 0.3) is 0 Å². The number of hydrogen-bond donors (Lipinski definition) is 1. The van der Waals surface area contributed by atoms with Gasteiger partial charge in [-0.15, -0.1) is 0 Å². The third-order valence-electron chi connectivity index (χ3n) is 6.11. The van der Waals surface area contributed by atoms with Crippen molar-refractivity contribution in [1.82, 2.24) is 14.2 Å². The molecule has 0 spiro atoms. The van der Waals surface area contributed by atoms with Gasteiger partial charge in [0.2, 0.25) is 10.0 Å². The maximum absolute atomic E-state index is 13.1. The molecule has 146 valence electrons. The van der Waals surface area contributed by atoms with Crippen molar-refractivity contribution in [1.29, 1.82) is 0 Å². The first-order chi connectivity index (χ1) is 13.6. The van der Waals surface area contributed by atoms with Gasteiger partial charge in [-0.3, -0.25) is 4.90 Å². The van der Waals surface area contributed by atoms with Crippen molar-refractivity contribution in [2.75, 3.05) is 26.2 Å². The summed E-state index contributed by atoms with van der Waals surface area (Å²) in [6, 6.07) is 14.0. The minimum atomic E-state index is -3.40. The molecule has 5 nitrogen and oxygen atoms in total. The van der Waals surface area contributed by atoms with Crippen LogP contribution in [0.2, 0.25) is 0 Å². The number of benzene rings is 2. The second kappa shape index (κ2) is 7.03. The largest absolute Gasteiger partial charge is 0.361 e. The van der Waals surface area contributed by atoms with Crippen LogP contribution in [0.15, 0.2) is 53.6 Å². The van der Waals surface area contributed by atoms with E-state index in [4.69, 9.17) is 0 Å². The standard InChI is InChI=1S/C22H25N3O2S/c26-28(27,20-9-8-17-4-3-5-18(17)14-20)25-12-10-24(11-13-25)16-19-15-23-22-7-2-1-6-21(19)22/h1-2,6-9,14-15,23H,3-5,10-13,16H2. The third kappa shape index (κ3) is 3.15. The molecule has 3 aromatic rings. The van der Waals surface area contributed by atoms with Gasteiger partial charge < -0.3 is 4.98 Å². The van der Waals surface area contributed by atoms with E-state index in [0.29, 0.717) is 18.0 Å². The molecule has 2 heterocycles. The summed E-state index contributed by atoms with van der Waals surface area (Å²) in [4.78, 5) is 6.11. The number of sulfonamides is 1. The zero-order valence-corrected chi connectivity index (χ0v) is 16.7. The molecule has 0 radical (unpaired) electrons. The summed E-state index contributed by atoms with van der Waals surface area (Å²) in [7, 11) is -3.40. The second-order valence-electron chi connectivity index (χ2n) is 7.82. The SMILES string of the molecule is O=S(=O)(c1ccc2c(c1)CCC2)N1CCN(Cc2c[nH]c3ccccc23)CC1. The highest BCUT2D eigenvalue weighted by Crippen LogP contribution is 2.27. The van der Waals surface area contributed by atoms with E-state index in [1.165, 1.54) is 22.1 Å². The normalized spacial score (nSPS) is 18.6. The van der Waals surface area contributed by atoms with E-state index in [9.17, 15) is 8.42 Å². The number of aromatic amines is 1. The molecule has 0 saturated carbocycles. The van der Waals surface area contributed by atoms with Gasteiger partial charge in [0, 0.05) is 49.8 Å². The van der Waals surface area contributed by atoms with Crippen LogP contribution in [0.1, 0.15) is 23.1 Å². The van der Waals surface area contributed by atoms with Gasteiger partial charge in [0.15, 0.2) is 0 Å². The molecule has 0 bridgehead atoms. The van der Waals surface area contributed by atoms with Crippen molar-refractivity contribution >= 4 is 20.9 Å². The summed E-state index contributed by atoms with van der Waals surface area (Å²) in [5, 5.41) is 1.25. The Kier molecular flexibility index (Phi) is 4.50. The molecule has 1 fully saturated rings. The van der Waals surface area contributed by atoms with E-state index in [2.05, 4.69) is 34.3 Å². The number of fused-ring (bicyclic) bond motifs is 2. The predicted octanol–water partition coefficient (Wildman–Crippen LogP) is 3.16. The average Bonchev–Trinajstić information content (AvgIpc) is 3.35. The lowest BCUT2D eigenvalue weighted by atomic mass is 10.1. The number of nitrogens with one attached hydrogen (secondary N) is 1. The average molecular weight is 396 g/mol. The number of H-pyrrole nitrogens is 1.